The highest BCUT2D eigenvalue weighted by Gasteiger charge is 2.32. The Balaban J connectivity index is 1.57. The van der Waals surface area contributed by atoms with Gasteiger partial charge < -0.3 is 11.1 Å². The minimum atomic E-state index is 0.224. The van der Waals surface area contributed by atoms with Gasteiger partial charge in [0.05, 0.1) is 0 Å². The third-order valence-electron chi connectivity index (χ3n) is 2.98. The van der Waals surface area contributed by atoms with Gasteiger partial charge in [0, 0.05) is 11.6 Å². The molecule has 2 nitrogen and oxygen atoms in total. The van der Waals surface area contributed by atoms with E-state index in [1.807, 2.05) is 0 Å². The molecule has 0 heterocycles. The molecule has 2 saturated carbocycles. The molecule has 2 heteroatoms. The summed E-state index contributed by atoms with van der Waals surface area (Å²) < 4.78 is 0. The summed E-state index contributed by atoms with van der Waals surface area (Å²) in [6.07, 6.45) is 7.80. The summed E-state index contributed by atoms with van der Waals surface area (Å²) in [7, 11) is 0. The van der Waals surface area contributed by atoms with Crippen molar-refractivity contribution in [2.75, 3.05) is 6.54 Å². The van der Waals surface area contributed by atoms with E-state index >= 15 is 0 Å². The molecule has 11 heavy (non-hydrogen) atoms. The molecule has 0 amide bonds. The Hall–Kier alpha value is -0.0800. The van der Waals surface area contributed by atoms with Crippen LogP contribution in [-0.4, -0.2) is 18.1 Å². The fraction of sp³-hybridized carbons (Fsp3) is 1.00. The van der Waals surface area contributed by atoms with Crippen molar-refractivity contribution in [1.82, 2.24) is 5.32 Å². The molecule has 2 aliphatic carbocycles. The minimum absolute atomic E-state index is 0.224. The van der Waals surface area contributed by atoms with Crippen LogP contribution in [0.1, 0.15) is 38.5 Å². The zero-order valence-electron chi connectivity index (χ0n) is 7.10. The Morgan fingerprint density at radius 1 is 1.36 bits per heavy atom. The van der Waals surface area contributed by atoms with Gasteiger partial charge in [0.15, 0.2) is 0 Å². The standard InChI is InChI=1S/C9H18N2/c10-9(4-1-5-9)6-7-11-8-2-3-8/h8,11H,1-7,10H2. The Bertz CT molecular complexity index is 136. The molecule has 0 aliphatic heterocycles. The van der Waals surface area contributed by atoms with Gasteiger partial charge in [-0.2, -0.15) is 0 Å². The lowest BCUT2D eigenvalue weighted by Crippen LogP contribution is -2.48. The fourth-order valence-electron chi connectivity index (χ4n) is 1.69. The summed E-state index contributed by atoms with van der Waals surface area (Å²) in [6, 6.07) is 0.846. The molecule has 0 aromatic heterocycles. The van der Waals surface area contributed by atoms with E-state index in [1.165, 1.54) is 38.5 Å². The van der Waals surface area contributed by atoms with Gasteiger partial charge >= 0.3 is 0 Å². The summed E-state index contributed by atoms with van der Waals surface area (Å²) in [6.45, 7) is 1.14. The highest BCUT2D eigenvalue weighted by Crippen LogP contribution is 2.31. The Morgan fingerprint density at radius 3 is 2.55 bits per heavy atom. The Labute approximate surface area is 68.5 Å². The van der Waals surface area contributed by atoms with Gasteiger partial charge in [-0.15, -0.1) is 0 Å². The van der Waals surface area contributed by atoms with Gasteiger partial charge in [0.1, 0.15) is 0 Å². The number of hydrogen-bond acceptors (Lipinski definition) is 2. The number of nitrogens with two attached hydrogens (primary N) is 1. The first-order valence-corrected chi connectivity index (χ1v) is 4.81. The van der Waals surface area contributed by atoms with Crippen LogP contribution < -0.4 is 11.1 Å². The summed E-state index contributed by atoms with van der Waals surface area (Å²) >= 11 is 0. The number of rotatable bonds is 4. The van der Waals surface area contributed by atoms with Crippen molar-refractivity contribution >= 4 is 0 Å². The SMILES string of the molecule is NC1(CCNC2CC2)CCC1. The van der Waals surface area contributed by atoms with Gasteiger partial charge in [-0.05, 0) is 45.1 Å². The second kappa shape index (κ2) is 2.76. The second-order valence-corrected chi connectivity index (χ2v) is 4.19. The monoisotopic (exact) mass is 154 g/mol. The van der Waals surface area contributed by atoms with Gasteiger partial charge in [0.25, 0.3) is 0 Å². The van der Waals surface area contributed by atoms with Crippen molar-refractivity contribution in [2.45, 2.75) is 50.1 Å². The summed E-state index contributed by atoms with van der Waals surface area (Å²) in [4.78, 5) is 0. The average molecular weight is 154 g/mol. The molecule has 0 spiro atoms. The van der Waals surface area contributed by atoms with Gasteiger partial charge in [-0.25, -0.2) is 0 Å². The lowest BCUT2D eigenvalue weighted by molar-refractivity contribution is 0.229. The minimum Gasteiger partial charge on any atom is -0.325 e. The lowest BCUT2D eigenvalue weighted by atomic mass is 9.75. The Kier molecular flexibility index (Phi) is 1.90. The molecule has 0 saturated heterocycles. The highest BCUT2D eigenvalue weighted by molar-refractivity contribution is 4.93. The molecule has 0 aromatic carbocycles. The normalized spacial score (nSPS) is 28.1. The predicted molar refractivity (Wildman–Crippen MR) is 46.4 cm³/mol. The quantitative estimate of drug-likeness (QED) is 0.634. The summed E-state index contributed by atoms with van der Waals surface area (Å²) in [5.41, 5.74) is 6.29. The van der Waals surface area contributed by atoms with E-state index in [0.717, 1.165) is 12.6 Å². The van der Waals surface area contributed by atoms with Crippen LogP contribution in [0.3, 0.4) is 0 Å². The van der Waals surface area contributed by atoms with Crippen LogP contribution in [0.2, 0.25) is 0 Å². The van der Waals surface area contributed by atoms with Crippen LogP contribution in [0.4, 0.5) is 0 Å². The molecule has 2 fully saturated rings. The topological polar surface area (TPSA) is 38.0 Å². The predicted octanol–water partition coefficient (Wildman–Crippen LogP) is 1.01. The lowest BCUT2D eigenvalue weighted by Gasteiger charge is -2.38. The summed E-state index contributed by atoms with van der Waals surface area (Å²) in [5, 5.41) is 3.50. The Morgan fingerprint density at radius 2 is 2.09 bits per heavy atom. The van der Waals surface area contributed by atoms with Gasteiger partial charge in [0.2, 0.25) is 0 Å². The van der Waals surface area contributed by atoms with E-state index in [-0.39, 0.29) is 5.54 Å². The van der Waals surface area contributed by atoms with Crippen molar-refractivity contribution in [3.8, 4) is 0 Å². The van der Waals surface area contributed by atoms with Gasteiger partial charge in [-0.1, -0.05) is 0 Å². The molecule has 0 unspecified atom stereocenters. The van der Waals surface area contributed by atoms with Crippen LogP contribution in [0, 0.1) is 0 Å². The van der Waals surface area contributed by atoms with E-state index < -0.39 is 0 Å². The fourth-order valence-corrected chi connectivity index (χ4v) is 1.69. The van der Waals surface area contributed by atoms with E-state index in [9.17, 15) is 0 Å². The van der Waals surface area contributed by atoms with Crippen LogP contribution >= 0.6 is 0 Å². The van der Waals surface area contributed by atoms with Crippen LogP contribution in [-0.2, 0) is 0 Å². The second-order valence-electron chi connectivity index (χ2n) is 4.19. The molecule has 2 aliphatic rings. The van der Waals surface area contributed by atoms with Crippen molar-refractivity contribution in [1.29, 1.82) is 0 Å². The van der Waals surface area contributed by atoms with Crippen molar-refractivity contribution in [3.05, 3.63) is 0 Å². The molecule has 0 radical (unpaired) electrons. The third-order valence-corrected chi connectivity index (χ3v) is 2.98. The maximum absolute atomic E-state index is 6.07. The van der Waals surface area contributed by atoms with Crippen molar-refractivity contribution in [2.24, 2.45) is 5.73 Å². The first-order chi connectivity index (χ1) is 5.29. The van der Waals surface area contributed by atoms with E-state index in [4.69, 9.17) is 5.73 Å². The third kappa shape index (κ3) is 1.94. The molecule has 0 atom stereocenters. The molecule has 0 aromatic rings. The van der Waals surface area contributed by atoms with Crippen LogP contribution in [0.25, 0.3) is 0 Å². The molecule has 3 N–H and O–H groups in total. The van der Waals surface area contributed by atoms with E-state index in [1.54, 1.807) is 0 Å². The smallest absolute Gasteiger partial charge is 0.0166 e. The van der Waals surface area contributed by atoms with Crippen LogP contribution in [0.5, 0.6) is 0 Å². The van der Waals surface area contributed by atoms with Crippen LogP contribution in [0.15, 0.2) is 0 Å². The average Bonchev–Trinajstić information content (AvgIpc) is 2.68. The van der Waals surface area contributed by atoms with Crippen molar-refractivity contribution in [3.63, 3.8) is 0 Å². The number of hydrogen-bond donors (Lipinski definition) is 2. The molecule has 0 bridgehead atoms. The van der Waals surface area contributed by atoms with Gasteiger partial charge in [-0.3, -0.25) is 0 Å². The first kappa shape index (κ1) is 7.56. The van der Waals surface area contributed by atoms with E-state index in [0.29, 0.717) is 0 Å². The first-order valence-electron chi connectivity index (χ1n) is 4.81. The molecular formula is C9H18N2. The van der Waals surface area contributed by atoms with Crippen molar-refractivity contribution < 1.29 is 0 Å². The zero-order chi connectivity index (χ0) is 7.73. The zero-order valence-corrected chi connectivity index (χ0v) is 7.10. The number of nitrogens with one attached hydrogen (secondary N) is 1. The highest BCUT2D eigenvalue weighted by atomic mass is 15.0. The largest absolute Gasteiger partial charge is 0.325 e. The maximum Gasteiger partial charge on any atom is 0.0166 e. The molecule has 64 valence electrons. The molecule has 2 rings (SSSR count). The maximum atomic E-state index is 6.07. The van der Waals surface area contributed by atoms with E-state index in [2.05, 4.69) is 5.32 Å². The molecular weight excluding hydrogens is 136 g/mol. The summed E-state index contributed by atoms with van der Waals surface area (Å²) in [5.74, 6) is 0.